The average Bonchev–Trinajstić information content (AvgIpc) is 2.74. The van der Waals surface area contributed by atoms with E-state index in [4.69, 9.17) is 10.7 Å². The van der Waals surface area contributed by atoms with Gasteiger partial charge in [0.05, 0.1) is 22.6 Å². The van der Waals surface area contributed by atoms with E-state index in [-0.39, 0.29) is 5.91 Å². The lowest BCUT2D eigenvalue weighted by molar-refractivity contribution is -0.118. The maximum Gasteiger partial charge on any atom is 0.255 e. The van der Waals surface area contributed by atoms with Crippen LogP contribution in [0, 0.1) is 0 Å². The summed E-state index contributed by atoms with van der Waals surface area (Å²) in [6.45, 7) is 0.541. The van der Waals surface area contributed by atoms with Gasteiger partial charge in [-0.05, 0) is 11.6 Å². The predicted octanol–water partition coefficient (Wildman–Crippen LogP) is 2.54. The van der Waals surface area contributed by atoms with Crippen LogP contribution in [-0.2, 0) is 17.6 Å². The number of carbonyl (C=O) groups excluding carboxylic acids is 2. The van der Waals surface area contributed by atoms with E-state index in [1.165, 1.54) is 0 Å². The number of nitrogens with one attached hydrogen (secondary N) is 2. The Hall–Kier alpha value is -3.67. The van der Waals surface area contributed by atoms with Crippen molar-refractivity contribution in [3.63, 3.8) is 0 Å². The minimum Gasteiger partial charge on any atom is -0.373 e. The summed E-state index contributed by atoms with van der Waals surface area (Å²) in [7, 11) is 0. The Balaban J connectivity index is 1.74. The number of nitrogens with two attached hydrogens (primary N) is 1. The first-order valence-corrected chi connectivity index (χ1v) is 9.59. The molecule has 2 heterocycles. The fourth-order valence-corrected chi connectivity index (χ4v) is 3.55. The third-order valence-electron chi connectivity index (χ3n) is 4.99. The molecule has 6 nitrogen and oxygen atoms in total. The van der Waals surface area contributed by atoms with Gasteiger partial charge in [0.1, 0.15) is 6.04 Å². The number of fused-ring (bicyclic) bond motifs is 1. The zero-order valence-electron chi connectivity index (χ0n) is 15.9. The second kappa shape index (κ2) is 8.14. The van der Waals surface area contributed by atoms with Gasteiger partial charge in [-0.15, -0.1) is 0 Å². The first kappa shape index (κ1) is 18.7. The smallest absolute Gasteiger partial charge is 0.255 e. The van der Waals surface area contributed by atoms with Crippen molar-refractivity contribution in [2.24, 2.45) is 5.73 Å². The summed E-state index contributed by atoms with van der Waals surface area (Å²) in [5.41, 5.74) is 10.1. The van der Waals surface area contributed by atoms with E-state index in [0.29, 0.717) is 30.6 Å². The van der Waals surface area contributed by atoms with E-state index in [1.54, 1.807) is 0 Å². The lowest BCUT2D eigenvalue weighted by Crippen LogP contribution is -2.39. The summed E-state index contributed by atoms with van der Waals surface area (Å²) < 4.78 is 0. The summed E-state index contributed by atoms with van der Waals surface area (Å²) in [6, 6.07) is 20.6. The molecule has 4 N–H and O–H groups in total. The number of hydrogen-bond donors (Lipinski definition) is 3. The summed E-state index contributed by atoms with van der Waals surface area (Å²) >= 11 is 0. The summed E-state index contributed by atoms with van der Waals surface area (Å²) in [4.78, 5) is 29.4. The molecule has 0 spiro atoms. The van der Waals surface area contributed by atoms with E-state index in [0.717, 1.165) is 22.5 Å². The van der Waals surface area contributed by atoms with Crippen LogP contribution >= 0.6 is 0 Å². The largest absolute Gasteiger partial charge is 0.373 e. The normalized spacial score (nSPS) is 13.9. The lowest BCUT2D eigenvalue weighted by atomic mass is 9.99. The third-order valence-corrected chi connectivity index (χ3v) is 4.99. The average molecular weight is 386 g/mol. The van der Waals surface area contributed by atoms with E-state index in [2.05, 4.69) is 10.6 Å². The molecular weight excluding hydrogens is 364 g/mol. The Bertz CT molecular complexity index is 1040. The second-order valence-corrected chi connectivity index (χ2v) is 7.04. The number of primary amides is 1. The number of rotatable bonds is 6. The number of anilines is 1. The molecule has 2 aromatic carbocycles. The fraction of sp³-hybridized carbons (Fsp3) is 0.174. The molecular formula is C23H22N4O2. The van der Waals surface area contributed by atoms with Crippen molar-refractivity contribution < 1.29 is 9.59 Å². The van der Waals surface area contributed by atoms with Gasteiger partial charge in [-0.1, -0.05) is 60.7 Å². The van der Waals surface area contributed by atoms with Crippen LogP contribution in [-0.4, -0.2) is 29.4 Å². The van der Waals surface area contributed by atoms with Gasteiger partial charge >= 0.3 is 0 Å². The number of aromatic nitrogens is 1. The Morgan fingerprint density at radius 3 is 2.48 bits per heavy atom. The molecule has 0 saturated carbocycles. The molecule has 0 saturated heterocycles. The van der Waals surface area contributed by atoms with Gasteiger partial charge in [-0.25, -0.2) is 0 Å². The van der Waals surface area contributed by atoms with Crippen molar-refractivity contribution in [3.05, 3.63) is 83.6 Å². The Morgan fingerprint density at radius 1 is 1.10 bits per heavy atom. The van der Waals surface area contributed by atoms with Gasteiger partial charge in [-0.3, -0.25) is 14.6 Å². The van der Waals surface area contributed by atoms with Gasteiger partial charge in [0, 0.05) is 24.9 Å². The van der Waals surface area contributed by atoms with E-state index < -0.39 is 11.9 Å². The van der Waals surface area contributed by atoms with Gasteiger partial charge in [0.15, 0.2) is 0 Å². The van der Waals surface area contributed by atoms with Crippen molar-refractivity contribution >= 4 is 17.5 Å². The van der Waals surface area contributed by atoms with Crippen LogP contribution in [0.4, 0.5) is 5.69 Å². The first-order valence-electron chi connectivity index (χ1n) is 9.59. The predicted molar refractivity (Wildman–Crippen MR) is 112 cm³/mol. The molecule has 146 valence electrons. The Morgan fingerprint density at radius 2 is 1.79 bits per heavy atom. The zero-order chi connectivity index (χ0) is 20.2. The highest BCUT2D eigenvalue weighted by atomic mass is 16.2. The standard InChI is InChI=1S/C23H22N4O2/c24-22(28)20(13-15-7-3-1-4-8-15)27-19-14-18(16-9-5-2-6-10-16)26-17-11-12-25-23(29)21(17)19/h1-10,14,20H,11-13H2,(H2,24,28)(H,25,29)(H,26,27)/t20-/m0/s1. The fourth-order valence-electron chi connectivity index (χ4n) is 3.55. The van der Waals surface area contributed by atoms with E-state index >= 15 is 0 Å². The number of amides is 2. The molecule has 0 radical (unpaired) electrons. The van der Waals surface area contributed by atoms with Gasteiger partial charge < -0.3 is 16.4 Å². The molecule has 1 atom stereocenters. The molecule has 29 heavy (non-hydrogen) atoms. The molecule has 0 bridgehead atoms. The Kier molecular flexibility index (Phi) is 5.24. The summed E-state index contributed by atoms with van der Waals surface area (Å²) in [5, 5.41) is 6.08. The van der Waals surface area contributed by atoms with Gasteiger partial charge in [-0.2, -0.15) is 0 Å². The summed E-state index contributed by atoms with van der Waals surface area (Å²) in [5.74, 6) is -0.666. The quantitative estimate of drug-likeness (QED) is 0.606. The minimum absolute atomic E-state index is 0.191. The summed E-state index contributed by atoms with van der Waals surface area (Å²) in [6.07, 6.45) is 1.06. The highest BCUT2D eigenvalue weighted by Gasteiger charge is 2.26. The highest BCUT2D eigenvalue weighted by molar-refractivity contribution is 6.02. The lowest BCUT2D eigenvalue weighted by Gasteiger charge is -2.24. The van der Waals surface area contributed by atoms with Crippen LogP contribution in [0.1, 0.15) is 21.6 Å². The van der Waals surface area contributed by atoms with Crippen LogP contribution in [0.5, 0.6) is 0 Å². The van der Waals surface area contributed by atoms with E-state index in [9.17, 15) is 9.59 Å². The van der Waals surface area contributed by atoms with Gasteiger partial charge in [0.2, 0.25) is 5.91 Å². The third kappa shape index (κ3) is 4.11. The first-order chi connectivity index (χ1) is 14.1. The molecule has 1 aliphatic rings. The molecule has 0 unspecified atom stereocenters. The molecule has 2 amide bonds. The van der Waals surface area contributed by atoms with Crippen molar-refractivity contribution in [1.82, 2.24) is 10.3 Å². The van der Waals surface area contributed by atoms with E-state index in [1.807, 2.05) is 66.7 Å². The highest BCUT2D eigenvalue weighted by Crippen LogP contribution is 2.29. The van der Waals surface area contributed by atoms with Crippen LogP contribution in [0.3, 0.4) is 0 Å². The Labute approximate surface area is 169 Å². The topological polar surface area (TPSA) is 97.1 Å². The monoisotopic (exact) mass is 386 g/mol. The molecule has 1 aliphatic heterocycles. The number of carbonyl (C=O) groups is 2. The van der Waals surface area contributed by atoms with Crippen LogP contribution in [0.25, 0.3) is 11.3 Å². The number of hydrogen-bond acceptors (Lipinski definition) is 4. The maximum absolute atomic E-state index is 12.6. The molecule has 0 fully saturated rings. The van der Waals surface area contributed by atoms with Crippen molar-refractivity contribution in [2.75, 3.05) is 11.9 Å². The molecule has 4 rings (SSSR count). The van der Waals surface area contributed by atoms with Crippen molar-refractivity contribution in [2.45, 2.75) is 18.9 Å². The molecule has 3 aromatic rings. The van der Waals surface area contributed by atoms with Crippen molar-refractivity contribution in [3.8, 4) is 11.3 Å². The minimum atomic E-state index is -0.651. The van der Waals surface area contributed by atoms with Crippen LogP contribution in [0.2, 0.25) is 0 Å². The second-order valence-electron chi connectivity index (χ2n) is 7.04. The number of nitrogens with zero attached hydrogens (tertiary/aromatic N) is 1. The molecule has 1 aromatic heterocycles. The van der Waals surface area contributed by atoms with Crippen molar-refractivity contribution in [1.29, 1.82) is 0 Å². The molecule has 6 heteroatoms. The van der Waals surface area contributed by atoms with Crippen LogP contribution in [0.15, 0.2) is 66.7 Å². The number of pyridine rings is 1. The van der Waals surface area contributed by atoms with Gasteiger partial charge in [0.25, 0.3) is 5.91 Å². The molecule has 0 aliphatic carbocycles. The number of benzene rings is 2. The zero-order valence-corrected chi connectivity index (χ0v) is 15.9. The SMILES string of the molecule is NC(=O)[C@H](Cc1ccccc1)Nc1cc(-c2ccccc2)nc2c1C(=O)NCC2. The maximum atomic E-state index is 12.6. The van der Waals surface area contributed by atoms with Crippen LogP contribution < -0.4 is 16.4 Å².